The van der Waals surface area contributed by atoms with Gasteiger partial charge in [-0.2, -0.15) is 0 Å². The highest BCUT2D eigenvalue weighted by Crippen LogP contribution is 1.97. The van der Waals surface area contributed by atoms with Crippen LogP contribution in [-0.4, -0.2) is 24.5 Å². The molecular formula is C6H11F2NO2. The quantitative estimate of drug-likeness (QED) is 0.458. The normalized spacial score (nSPS) is 10.2. The average molecular weight is 167 g/mol. The summed E-state index contributed by atoms with van der Waals surface area (Å²) in [5.74, 6) is -0.422. The number of carbonyl (C=O) groups is 1. The molecule has 0 aromatic heterocycles. The fourth-order valence-corrected chi connectivity index (χ4v) is 0.576. The minimum Gasteiger partial charge on any atom is -0.466 e. The van der Waals surface area contributed by atoms with E-state index in [4.69, 9.17) is 0 Å². The van der Waals surface area contributed by atoms with Gasteiger partial charge in [0.25, 0.3) is 0 Å². The molecule has 5 heteroatoms. The molecule has 0 saturated carbocycles. The summed E-state index contributed by atoms with van der Waals surface area (Å²) in [6.45, 7) is 1.58. The number of carbonyl (C=O) groups excluding carboxylic acids is 1. The van der Waals surface area contributed by atoms with Gasteiger partial charge < -0.3 is 4.74 Å². The van der Waals surface area contributed by atoms with Crippen molar-refractivity contribution in [3.63, 3.8) is 0 Å². The van der Waals surface area contributed by atoms with Crippen molar-refractivity contribution >= 4 is 5.97 Å². The van der Waals surface area contributed by atoms with E-state index in [0.29, 0.717) is 6.61 Å². The van der Waals surface area contributed by atoms with Crippen molar-refractivity contribution in [2.75, 3.05) is 13.2 Å². The number of esters is 1. The molecule has 0 fully saturated rings. The molecule has 0 saturated heterocycles. The van der Waals surface area contributed by atoms with Gasteiger partial charge in [-0.25, -0.2) is 0 Å². The van der Waals surface area contributed by atoms with Gasteiger partial charge in [0.05, 0.1) is 13.2 Å². The highest BCUT2D eigenvalue weighted by molar-refractivity contribution is 5.69. The lowest BCUT2D eigenvalue weighted by Crippen LogP contribution is -2.08. The lowest BCUT2D eigenvalue weighted by molar-refractivity contribution is -0.156. The maximum Gasteiger partial charge on any atom is 0.305 e. The van der Waals surface area contributed by atoms with Crippen LogP contribution in [0.4, 0.5) is 8.96 Å². The van der Waals surface area contributed by atoms with E-state index in [1.807, 2.05) is 0 Å². The summed E-state index contributed by atoms with van der Waals surface area (Å²) < 4.78 is 27.2. The third-order valence-electron chi connectivity index (χ3n) is 1.01. The first-order chi connectivity index (χ1) is 5.16. The van der Waals surface area contributed by atoms with E-state index in [2.05, 4.69) is 4.74 Å². The minimum absolute atomic E-state index is 0.0537. The van der Waals surface area contributed by atoms with E-state index < -0.39 is 17.9 Å². The highest BCUT2D eigenvalue weighted by Gasteiger charge is 2.03. The molecule has 0 aliphatic rings. The zero-order valence-electron chi connectivity index (χ0n) is 6.35. The number of hydrogen-bond donors (Lipinski definition) is 0. The van der Waals surface area contributed by atoms with Crippen LogP contribution >= 0.6 is 0 Å². The largest absolute Gasteiger partial charge is 0.466 e. The first-order valence-corrected chi connectivity index (χ1v) is 3.41. The Hall–Kier alpha value is -0.710. The molecule has 0 radical (unpaired) electrons. The molecule has 3 nitrogen and oxygen atoms in total. The van der Waals surface area contributed by atoms with Crippen LogP contribution in [0.15, 0.2) is 0 Å². The Morgan fingerprint density at radius 1 is 1.55 bits per heavy atom. The minimum atomic E-state index is -0.945. The van der Waals surface area contributed by atoms with Gasteiger partial charge in [-0.3, -0.25) is 4.79 Å². The predicted molar refractivity (Wildman–Crippen MR) is 34.8 cm³/mol. The Kier molecular flexibility index (Phi) is 5.64. The van der Waals surface area contributed by atoms with Gasteiger partial charge >= 0.3 is 5.97 Å². The van der Waals surface area contributed by atoms with Gasteiger partial charge in [-0.1, -0.05) is 0 Å². The van der Waals surface area contributed by atoms with Crippen molar-refractivity contribution in [2.24, 2.45) is 0 Å². The Morgan fingerprint density at radius 2 is 2.18 bits per heavy atom. The second kappa shape index (κ2) is 6.03. The molecule has 0 N–H and O–H groups in total. The SMILES string of the molecule is CCOC(=O)CCCN(F)F. The molecule has 66 valence electrons. The molecule has 0 aliphatic carbocycles. The smallest absolute Gasteiger partial charge is 0.305 e. The molecule has 0 aliphatic heterocycles. The molecule has 0 rings (SSSR count). The fraction of sp³-hybridized carbons (Fsp3) is 0.833. The maximum absolute atomic E-state index is 11.4. The number of hydrogen-bond acceptors (Lipinski definition) is 3. The first kappa shape index (κ1) is 10.3. The van der Waals surface area contributed by atoms with Crippen molar-refractivity contribution in [2.45, 2.75) is 19.8 Å². The summed E-state index contributed by atoms with van der Waals surface area (Å²) in [6, 6.07) is 0. The molecule has 0 atom stereocenters. The predicted octanol–water partition coefficient (Wildman–Crippen LogP) is 1.40. The van der Waals surface area contributed by atoms with E-state index in [1.54, 1.807) is 6.92 Å². The Bertz CT molecular complexity index is 119. The highest BCUT2D eigenvalue weighted by atomic mass is 19.4. The van der Waals surface area contributed by atoms with Crippen molar-refractivity contribution in [1.29, 1.82) is 0 Å². The molecule has 0 heterocycles. The number of ether oxygens (including phenoxy) is 1. The molecular weight excluding hydrogens is 156 g/mol. The second-order valence-corrected chi connectivity index (χ2v) is 1.94. The van der Waals surface area contributed by atoms with Crippen LogP contribution in [0.5, 0.6) is 0 Å². The third kappa shape index (κ3) is 7.18. The third-order valence-corrected chi connectivity index (χ3v) is 1.01. The summed E-state index contributed by atoms with van der Waals surface area (Å²) in [4.78, 5) is 10.5. The van der Waals surface area contributed by atoms with Gasteiger partial charge in [0.15, 0.2) is 0 Å². The Labute approximate surface area is 63.8 Å². The number of rotatable bonds is 5. The lowest BCUT2D eigenvalue weighted by atomic mass is 10.3. The van der Waals surface area contributed by atoms with Gasteiger partial charge in [-0.05, 0) is 13.3 Å². The van der Waals surface area contributed by atoms with Crippen molar-refractivity contribution in [1.82, 2.24) is 5.34 Å². The van der Waals surface area contributed by atoms with Crippen LogP contribution < -0.4 is 0 Å². The van der Waals surface area contributed by atoms with Crippen molar-refractivity contribution in [3.05, 3.63) is 0 Å². The van der Waals surface area contributed by atoms with E-state index in [9.17, 15) is 13.8 Å². The summed E-state index contributed by atoms with van der Waals surface area (Å²) in [5.41, 5.74) is 0. The summed E-state index contributed by atoms with van der Waals surface area (Å²) in [7, 11) is 0. The average Bonchev–Trinajstić information content (AvgIpc) is 1.87. The van der Waals surface area contributed by atoms with Crippen LogP contribution in [0, 0.1) is 0 Å². The van der Waals surface area contributed by atoms with Gasteiger partial charge in [-0.15, -0.1) is 8.96 Å². The summed E-state index contributed by atoms with van der Waals surface area (Å²) in [6.07, 6.45) is 0.185. The maximum atomic E-state index is 11.4. The van der Waals surface area contributed by atoms with Crippen LogP contribution in [0.2, 0.25) is 0 Å². The topological polar surface area (TPSA) is 29.5 Å². The molecule has 0 aromatic carbocycles. The Morgan fingerprint density at radius 3 is 2.64 bits per heavy atom. The van der Waals surface area contributed by atoms with Crippen LogP contribution in [0.3, 0.4) is 0 Å². The monoisotopic (exact) mass is 167 g/mol. The van der Waals surface area contributed by atoms with E-state index in [1.165, 1.54) is 0 Å². The molecule has 0 bridgehead atoms. The first-order valence-electron chi connectivity index (χ1n) is 3.41. The Balaban J connectivity index is 3.17. The van der Waals surface area contributed by atoms with E-state index >= 15 is 0 Å². The van der Waals surface area contributed by atoms with Gasteiger partial charge in [0.1, 0.15) is 0 Å². The lowest BCUT2D eigenvalue weighted by Gasteiger charge is -2.01. The molecule has 0 amide bonds. The zero-order chi connectivity index (χ0) is 8.69. The van der Waals surface area contributed by atoms with Crippen molar-refractivity contribution < 1.29 is 18.5 Å². The van der Waals surface area contributed by atoms with Crippen LogP contribution in [0.25, 0.3) is 0 Å². The second-order valence-electron chi connectivity index (χ2n) is 1.94. The zero-order valence-corrected chi connectivity index (χ0v) is 6.35. The van der Waals surface area contributed by atoms with Gasteiger partial charge in [0, 0.05) is 11.8 Å². The summed E-state index contributed by atoms with van der Waals surface area (Å²) >= 11 is 0. The standard InChI is InChI=1S/C6H11F2NO2/c1-2-11-6(10)4-3-5-9(7)8/h2-5H2,1H3. The fourth-order valence-electron chi connectivity index (χ4n) is 0.576. The molecule has 0 unspecified atom stereocenters. The van der Waals surface area contributed by atoms with E-state index in [-0.39, 0.29) is 12.8 Å². The number of nitrogens with zero attached hydrogens (tertiary/aromatic N) is 1. The molecule has 11 heavy (non-hydrogen) atoms. The van der Waals surface area contributed by atoms with E-state index in [0.717, 1.165) is 0 Å². The van der Waals surface area contributed by atoms with Crippen LogP contribution in [-0.2, 0) is 9.53 Å². The summed E-state index contributed by atoms with van der Waals surface area (Å²) in [5, 5.41) is -0.945. The number of halogens is 2. The van der Waals surface area contributed by atoms with Crippen molar-refractivity contribution in [3.8, 4) is 0 Å². The molecule has 0 aromatic rings. The van der Waals surface area contributed by atoms with Gasteiger partial charge in [0.2, 0.25) is 0 Å². The van der Waals surface area contributed by atoms with Crippen LogP contribution in [0.1, 0.15) is 19.8 Å². The molecule has 0 spiro atoms.